The summed E-state index contributed by atoms with van der Waals surface area (Å²) >= 11 is 0. The Kier molecular flexibility index (Phi) is 2.02. The highest BCUT2D eigenvalue weighted by Gasteiger charge is 2.34. The summed E-state index contributed by atoms with van der Waals surface area (Å²) in [6, 6.07) is 0. The van der Waals surface area contributed by atoms with Crippen molar-refractivity contribution in [3.05, 3.63) is 11.1 Å². The highest BCUT2D eigenvalue weighted by atomic mass is 14.4. The van der Waals surface area contributed by atoms with Gasteiger partial charge in [0.15, 0.2) is 0 Å². The first-order chi connectivity index (χ1) is 5.72. The normalized spacial score (nSPS) is 36.5. The summed E-state index contributed by atoms with van der Waals surface area (Å²) in [7, 11) is 0. The predicted molar refractivity (Wildman–Crippen MR) is 53.1 cm³/mol. The molecule has 0 aromatic heterocycles. The molecule has 0 aliphatic heterocycles. The van der Waals surface area contributed by atoms with E-state index in [4.69, 9.17) is 0 Å². The van der Waals surface area contributed by atoms with Crippen LogP contribution in [0.5, 0.6) is 0 Å². The standard InChI is InChI=1S/C12H20/c1-10-6-5-9-12(2)8-4-3-7-11(10)12/h3-9H2,1-2H3/t12-/m1/s1. The van der Waals surface area contributed by atoms with Gasteiger partial charge >= 0.3 is 0 Å². The fraction of sp³-hybridized carbons (Fsp3) is 0.833. The minimum atomic E-state index is 0.626. The van der Waals surface area contributed by atoms with E-state index in [1.165, 1.54) is 44.9 Å². The average molecular weight is 164 g/mol. The van der Waals surface area contributed by atoms with Crippen LogP contribution in [0.3, 0.4) is 0 Å². The fourth-order valence-corrected chi connectivity index (χ4v) is 3.17. The van der Waals surface area contributed by atoms with Crippen LogP contribution in [0.25, 0.3) is 0 Å². The maximum atomic E-state index is 2.49. The van der Waals surface area contributed by atoms with Gasteiger partial charge < -0.3 is 0 Å². The third-order valence-corrected chi connectivity index (χ3v) is 3.93. The second-order valence-corrected chi connectivity index (χ2v) is 4.88. The summed E-state index contributed by atoms with van der Waals surface area (Å²) in [5.41, 5.74) is 4.18. The number of allylic oxidation sites excluding steroid dienone is 2. The van der Waals surface area contributed by atoms with Crippen molar-refractivity contribution in [3.63, 3.8) is 0 Å². The minimum Gasteiger partial charge on any atom is -0.0736 e. The van der Waals surface area contributed by atoms with E-state index in [0.717, 1.165) is 0 Å². The summed E-state index contributed by atoms with van der Waals surface area (Å²) in [5, 5.41) is 0. The Morgan fingerprint density at radius 1 is 1.00 bits per heavy atom. The van der Waals surface area contributed by atoms with Crippen molar-refractivity contribution in [1.29, 1.82) is 0 Å². The van der Waals surface area contributed by atoms with Gasteiger partial charge in [-0.05, 0) is 50.9 Å². The summed E-state index contributed by atoms with van der Waals surface area (Å²) in [4.78, 5) is 0. The first-order valence-electron chi connectivity index (χ1n) is 5.41. The summed E-state index contributed by atoms with van der Waals surface area (Å²) in [5.74, 6) is 0. The molecule has 0 spiro atoms. The number of fused-ring (bicyclic) bond motifs is 1. The third kappa shape index (κ3) is 1.22. The third-order valence-electron chi connectivity index (χ3n) is 3.93. The zero-order valence-electron chi connectivity index (χ0n) is 8.45. The molecule has 2 rings (SSSR count). The molecule has 0 heteroatoms. The van der Waals surface area contributed by atoms with E-state index in [-0.39, 0.29) is 0 Å². The Morgan fingerprint density at radius 3 is 2.50 bits per heavy atom. The maximum absolute atomic E-state index is 2.49. The smallest absolute Gasteiger partial charge is 0.0114 e. The molecular weight excluding hydrogens is 144 g/mol. The minimum absolute atomic E-state index is 0.626. The zero-order chi connectivity index (χ0) is 8.60. The first-order valence-corrected chi connectivity index (χ1v) is 5.41. The van der Waals surface area contributed by atoms with Gasteiger partial charge in [-0.15, -0.1) is 0 Å². The molecule has 2 aliphatic rings. The number of hydrogen-bond donors (Lipinski definition) is 0. The van der Waals surface area contributed by atoms with Crippen LogP contribution in [-0.2, 0) is 0 Å². The van der Waals surface area contributed by atoms with Crippen molar-refractivity contribution in [2.75, 3.05) is 0 Å². The quantitative estimate of drug-likeness (QED) is 0.473. The van der Waals surface area contributed by atoms with E-state index in [2.05, 4.69) is 13.8 Å². The first kappa shape index (κ1) is 8.34. The van der Waals surface area contributed by atoms with E-state index >= 15 is 0 Å². The van der Waals surface area contributed by atoms with Crippen molar-refractivity contribution >= 4 is 0 Å². The molecule has 0 saturated heterocycles. The van der Waals surface area contributed by atoms with E-state index in [1.807, 2.05) is 5.57 Å². The lowest BCUT2D eigenvalue weighted by atomic mass is 9.64. The fourth-order valence-electron chi connectivity index (χ4n) is 3.17. The van der Waals surface area contributed by atoms with Crippen LogP contribution in [0.15, 0.2) is 11.1 Å². The second-order valence-electron chi connectivity index (χ2n) is 4.88. The Morgan fingerprint density at radius 2 is 1.75 bits per heavy atom. The van der Waals surface area contributed by atoms with Gasteiger partial charge in [-0.3, -0.25) is 0 Å². The largest absolute Gasteiger partial charge is 0.0736 e. The average Bonchev–Trinajstić information content (AvgIpc) is 2.04. The maximum Gasteiger partial charge on any atom is -0.0114 e. The summed E-state index contributed by atoms with van der Waals surface area (Å²) in [6.07, 6.45) is 10.0. The molecule has 0 radical (unpaired) electrons. The van der Waals surface area contributed by atoms with Gasteiger partial charge in [-0.2, -0.15) is 0 Å². The topological polar surface area (TPSA) is 0 Å². The molecule has 12 heavy (non-hydrogen) atoms. The van der Waals surface area contributed by atoms with Crippen LogP contribution >= 0.6 is 0 Å². The molecule has 0 nitrogen and oxygen atoms in total. The molecule has 1 saturated carbocycles. The summed E-state index contributed by atoms with van der Waals surface area (Å²) in [6.45, 7) is 4.85. The van der Waals surface area contributed by atoms with Gasteiger partial charge in [0.2, 0.25) is 0 Å². The van der Waals surface area contributed by atoms with E-state index < -0.39 is 0 Å². The van der Waals surface area contributed by atoms with Crippen LogP contribution < -0.4 is 0 Å². The van der Waals surface area contributed by atoms with Gasteiger partial charge in [-0.1, -0.05) is 24.5 Å². The lowest BCUT2D eigenvalue weighted by Crippen LogP contribution is -2.27. The molecule has 0 bridgehead atoms. The van der Waals surface area contributed by atoms with Gasteiger partial charge in [0.25, 0.3) is 0 Å². The molecule has 0 heterocycles. The van der Waals surface area contributed by atoms with Crippen LogP contribution in [0.4, 0.5) is 0 Å². The molecular formula is C12H20. The van der Waals surface area contributed by atoms with Crippen LogP contribution in [0, 0.1) is 5.41 Å². The SMILES string of the molecule is CC1=C2CCCC[C@]2(C)CCC1. The molecule has 0 unspecified atom stereocenters. The van der Waals surface area contributed by atoms with Crippen LogP contribution in [0.2, 0.25) is 0 Å². The lowest BCUT2D eigenvalue weighted by molar-refractivity contribution is 0.257. The summed E-state index contributed by atoms with van der Waals surface area (Å²) < 4.78 is 0. The van der Waals surface area contributed by atoms with Gasteiger partial charge in [-0.25, -0.2) is 0 Å². The van der Waals surface area contributed by atoms with Crippen molar-refractivity contribution in [1.82, 2.24) is 0 Å². The van der Waals surface area contributed by atoms with Crippen molar-refractivity contribution in [3.8, 4) is 0 Å². The van der Waals surface area contributed by atoms with Crippen LogP contribution in [0.1, 0.15) is 58.8 Å². The zero-order valence-corrected chi connectivity index (χ0v) is 8.45. The van der Waals surface area contributed by atoms with E-state index in [1.54, 1.807) is 5.57 Å². The van der Waals surface area contributed by atoms with E-state index in [0.29, 0.717) is 5.41 Å². The Balaban J connectivity index is 2.31. The molecule has 68 valence electrons. The predicted octanol–water partition coefficient (Wildman–Crippen LogP) is 4.07. The Labute approximate surface area is 76.1 Å². The number of hydrogen-bond acceptors (Lipinski definition) is 0. The van der Waals surface area contributed by atoms with Crippen molar-refractivity contribution < 1.29 is 0 Å². The molecule has 2 aliphatic carbocycles. The number of rotatable bonds is 0. The van der Waals surface area contributed by atoms with Crippen LogP contribution in [-0.4, -0.2) is 0 Å². The molecule has 1 fully saturated rings. The van der Waals surface area contributed by atoms with E-state index in [9.17, 15) is 0 Å². The Hall–Kier alpha value is -0.260. The van der Waals surface area contributed by atoms with Crippen molar-refractivity contribution in [2.45, 2.75) is 58.8 Å². The highest BCUT2D eigenvalue weighted by Crippen LogP contribution is 2.49. The van der Waals surface area contributed by atoms with Gasteiger partial charge in [0, 0.05) is 0 Å². The van der Waals surface area contributed by atoms with Gasteiger partial charge in [0.1, 0.15) is 0 Å². The molecule has 0 aromatic carbocycles. The monoisotopic (exact) mass is 164 g/mol. The molecule has 1 atom stereocenters. The molecule has 0 amide bonds. The highest BCUT2D eigenvalue weighted by molar-refractivity contribution is 5.24. The lowest BCUT2D eigenvalue weighted by Gasteiger charge is -2.41. The molecule has 0 N–H and O–H groups in total. The molecule has 0 aromatic rings. The Bertz CT molecular complexity index is 212. The van der Waals surface area contributed by atoms with Crippen molar-refractivity contribution in [2.24, 2.45) is 5.41 Å². The van der Waals surface area contributed by atoms with Gasteiger partial charge in [0.05, 0.1) is 0 Å². The second kappa shape index (κ2) is 2.90.